The molecule has 0 aromatic heterocycles. The lowest BCUT2D eigenvalue weighted by molar-refractivity contribution is 0.261. The summed E-state index contributed by atoms with van der Waals surface area (Å²) in [6, 6.07) is 2.19. The van der Waals surface area contributed by atoms with Gasteiger partial charge in [0.05, 0.1) is 19.8 Å². The van der Waals surface area contributed by atoms with Crippen LogP contribution in [0.15, 0.2) is 12.1 Å². The number of ether oxygens (including phenoxy) is 1. The number of benzene rings is 1. The molecule has 0 aliphatic heterocycles. The molecule has 0 heterocycles. The zero-order valence-electron chi connectivity index (χ0n) is 8.25. The number of rotatable bonds is 3. The molecule has 1 unspecified atom stereocenters. The third-order valence-corrected chi connectivity index (χ3v) is 2.11. The molecule has 0 aliphatic rings. The quantitative estimate of drug-likeness (QED) is 0.767. The molecule has 3 nitrogen and oxygen atoms in total. The highest BCUT2D eigenvalue weighted by atomic mass is 19.1. The van der Waals surface area contributed by atoms with Gasteiger partial charge in [0.25, 0.3) is 0 Å². The summed E-state index contributed by atoms with van der Waals surface area (Å²) in [5, 5.41) is 8.88. The van der Waals surface area contributed by atoms with Crippen LogP contribution in [0.2, 0.25) is 0 Å². The van der Waals surface area contributed by atoms with Gasteiger partial charge < -0.3 is 15.6 Å². The minimum absolute atomic E-state index is 0.231. The van der Waals surface area contributed by atoms with Crippen molar-refractivity contribution in [1.82, 2.24) is 0 Å². The van der Waals surface area contributed by atoms with E-state index in [4.69, 9.17) is 15.6 Å². The number of methoxy groups -OCH3 is 1. The van der Waals surface area contributed by atoms with E-state index >= 15 is 0 Å². The van der Waals surface area contributed by atoms with Gasteiger partial charge in [0.15, 0.2) is 0 Å². The molecule has 4 heteroatoms. The van der Waals surface area contributed by atoms with E-state index in [-0.39, 0.29) is 12.2 Å². The molecule has 0 bridgehead atoms. The van der Waals surface area contributed by atoms with E-state index in [0.29, 0.717) is 5.75 Å². The Morgan fingerprint density at radius 1 is 1.57 bits per heavy atom. The Bertz CT molecular complexity index is 328. The highest BCUT2D eigenvalue weighted by molar-refractivity contribution is 5.43. The second-order valence-corrected chi connectivity index (χ2v) is 3.10. The monoisotopic (exact) mass is 199 g/mol. The van der Waals surface area contributed by atoms with Crippen LogP contribution in [-0.4, -0.2) is 18.8 Å². The van der Waals surface area contributed by atoms with Crippen molar-refractivity contribution in [2.45, 2.75) is 13.0 Å². The molecule has 1 aromatic rings. The third kappa shape index (κ3) is 1.86. The van der Waals surface area contributed by atoms with E-state index in [1.807, 2.05) is 0 Å². The normalized spacial score (nSPS) is 12.6. The van der Waals surface area contributed by atoms with Crippen LogP contribution in [0.3, 0.4) is 0 Å². The maximum Gasteiger partial charge on any atom is 0.131 e. The molecule has 0 spiro atoms. The molecule has 0 saturated heterocycles. The van der Waals surface area contributed by atoms with Gasteiger partial charge in [-0.1, -0.05) is 6.07 Å². The maximum atomic E-state index is 13.4. The largest absolute Gasteiger partial charge is 0.496 e. The van der Waals surface area contributed by atoms with E-state index in [9.17, 15) is 4.39 Å². The van der Waals surface area contributed by atoms with Crippen molar-refractivity contribution in [1.29, 1.82) is 0 Å². The summed E-state index contributed by atoms with van der Waals surface area (Å²) in [6.07, 6.45) is 0. The van der Waals surface area contributed by atoms with Gasteiger partial charge in [-0.15, -0.1) is 0 Å². The lowest BCUT2D eigenvalue weighted by atomic mass is 10.0. The minimum atomic E-state index is -0.746. The van der Waals surface area contributed by atoms with Crippen molar-refractivity contribution < 1.29 is 14.2 Å². The number of aryl methyl sites for hydroxylation is 1. The number of hydrogen-bond donors (Lipinski definition) is 2. The van der Waals surface area contributed by atoms with Crippen molar-refractivity contribution in [3.05, 3.63) is 29.1 Å². The summed E-state index contributed by atoms with van der Waals surface area (Å²) in [5.41, 5.74) is 6.60. The SMILES string of the molecule is COc1c(C)ccc(F)c1C(N)CO. The molecule has 0 radical (unpaired) electrons. The zero-order valence-corrected chi connectivity index (χ0v) is 8.25. The third-order valence-electron chi connectivity index (χ3n) is 2.11. The highest BCUT2D eigenvalue weighted by Gasteiger charge is 2.17. The molecule has 0 fully saturated rings. The second-order valence-electron chi connectivity index (χ2n) is 3.10. The molecule has 0 aliphatic carbocycles. The molecular formula is C10H14FNO2. The lowest BCUT2D eigenvalue weighted by Crippen LogP contribution is -2.17. The van der Waals surface area contributed by atoms with Crippen molar-refractivity contribution >= 4 is 0 Å². The van der Waals surface area contributed by atoms with Gasteiger partial charge in [0.2, 0.25) is 0 Å². The second kappa shape index (κ2) is 4.39. The average Bonchev–Trinajstić information content (AvgIpc) is 2.19. The summed E-state index contributed by atoms with van der Waals surface area (Å²) >= 11 is 0. The topological polar surface area (TPSA) is 55.5 Å². The molecule has 78 valence electrons. The summed E-state index contributed by atoms with van der Waals surface area (Å²) < 4.78 is 18.4. The van der Waals surface area contributed by atoms with Crippen LogP contribution < -0.4 is 10.5 Å². The lowest BCUT2D eigenvalue weighted by Gasteiger charge is -2.16. The van der Waals surface area contributed by atoms with E-state index < -0.39 is 11.9 Å². The molecular weight excluding hydrogens is 185 g/mol. The van der Waals surface area contributed by atoms with E-state index in [0.717, 1.165) is 5.56 Å². The molecule has 1 aromatic carbocycles. The first-order valence-electron chi connectivity index (χ1n) is 4.31. The Labute approximate surface area is 82.3 Å². The van der Waals surface area contributed by atoms with Crippen molar-refractivity contribution in [2.75, 3.05) is 13.7 Å². The van der Waals surface area contributed by atoms with Gasteiger partial charge in [-0.2, -0.15) is 0 Å². The van der Waals surface area contributed by atoms with E-state index in [1.165, 1.54) is 13.2 Å². The summed E-state index contributed by atoms with van der Waals surface area (Å²) in [4.78, 5) is 0. The number of nitrogens with two attached hydrogens (primary N) is 1. The Morgan fingerprint density at radius 2 is 2.21 bits per heavy atom. The fraction of sp³-hybridized carbons (Fsp3) is 0.400. The Morgan fingerprint density at radius 3 is 2.71 bits per heavy atom. The van der Waals surface area contributed by atoms with Crippen LogP contribution in [0.4, 0.5) is 4.39 Å². The zero-order chi connectivity index (χ0) is 10.7. The van der Waals surface area contributed by atoms with Crippen LogP contribution in [-0.2, 0) is 0 Å². The first-order valence-corrected chi connectivity index (χ1v) is 4.31. The van der Waals surface area contributed by atoms with Gasteiger partial charge in [-0.05, 0) is 18.6 Å². The molecule has 3 N–H and O–H groups in total. The molecule has 1 rings (SSSR count). The Kier molecular flexibility index (Phi) is 3.43. The van der Waals surface area contributed by atoms with Gasteiger partial charge in [0, 0.05) is 5.56 Å². The van der Waals surface area contributed by atoms with Crippen LogP contribution >= 0.6 is 0 Å². The summed E-state index contributed by atoms with van der Waals surface area (Å²) in [5.74, 6) is -0.0412. The van der Waals surface area contributed by atoms with Crippen molar-refractivity contribution in [3.63, 3.8) is 0 Å². The van der Waals surface area contributed by atoms with E-state index in [2.05, 4.69) is 0 Å². The molecule has 0 saturated carbocycles. The highest BCUT2D eigenvalue weighted by Crippen LogP contribution is 2.29. The molecule has 1 atom stereocenters. The number of halogens is 1. The van der Waals surface area contributed by atoms with E-state index in [1.54, 1.807) is 13.0 Å². The Hall–Kier alpha value is -1.13. The van der Waals surface area contributed by atoms with Gasteiger partial charge in [-0.3, -0.25) is 0 Å². The van der Waals surface area contributed by atoms with Crippen LogP contribution in [0, 0.1) is 12.7 Å². The van der Waals surface area contributed by atoms with Crippen LogP contribution in [0.5, 0.6) is 5.75 Å². The first-order chi connectivity index (χ1) is 6.61. The van der Waals surface area contributed by atoms with Gasteiger partial charge in [-0.25, -0.2) is 4.39 Å². The fourth-order valence-electron chi connectivity index (χ4n) is 1.39. The summed E-state index contributed by atoms with van der Waals surface area (Å²) in [6.45, 7) is 1.49. The number of aliphatic hydroxyl groups excluding tert-OH is 1. The predicted molar refractivity (Wildman–Crippen MR) is 51.7 cm³/mol. The predicted octanol–water partition coefficient (Wildman–Crippen LogP) is 1.13. The number of hydrogen-bond acceptors (Lipinski definition) is 3. The smallest absolute Gasteiger partial charge is 0.131 e. The number of aliphatic hydroxyl groups is 1. The van der Waals surface area contributed by atoms with Crippen LogP contribution in [0.25, 0.3) is 0 Å². The maximum absolute atomic E-state index is 13.4. The molecule has 14 heavy (non-hydrogen) atoms. The van der Waals surface area contributed by atoms with Crippen LogP contribution in [0.1, 0.15) is 17.2 Å². The standard InChI is InChI=1S/C10H14FNO2/c1-6-3-4-7(11)9(8(12)5-13)10(6)14-2/h3-4,8,13H,5,12H2,1-2H3. The Balaban J connectivity index is 3.29. The average molecular weight is 199 g/mol. The first kappa shape index (κ1) is 10.9. The summed E-state index contributed by atoms with van der Waals surface area (Å²) in [7, 11) is 1.45. The minimum Gasteiger partial charge on any atom is -0.496 e. The molecule has 0 amide bonds. The van der Waals surface area contributed by atoms with Crippen molar-refractivity contribution in [2.24, 2.45) is 5.73 Å². The van der Waals surface area contributed by atoms with Gasteiger partial charge >= 0.3 is 0 Å². The van der Waals surface area contributed by atoms with Crippen molar-refractivity contribution in [3.8, 4) is 5.75 Å². The fourth-order valence-corrected chi connectivity index (χ4v) is 1.39. The van der Waals surface area contributed by atoms with Gasteiger partial charge in [0.1, 0.15) is 11.6 Å².